The number of carbonyl (C=O) groups excluding carboxylic acids is 1. The number of likely N-dealkylation sites (tertiary alicyclic amines) is 1. The van der Waals surface area contributed by atoms with Gasteiger partial charge in [0.2, 0.25) is 5.82 Å². The molecule has 184 valence electrons. The molecule has 1 amide bonds. The van der Waals surface area contributed by atoms with Crippen LogP contribution in [0.25, 0.3) is 16.8 Å². The lowest BCUT2D eigenvalue weighted by Crippen LogP contribution is -2.35. The van der Waals surface area contributed by atoms with Crippen molar-refractivity contribution >= 4 is 5.91 Å². The Kier molecular flexibility index (Phi) is 6.91. The molecule has 4 aromatic rings. The Hall–Kier alpha value is -3.84. The van der Waals surface area contributed by atoms with E-state index in [0.717, 1.165) is 31.6 Å². The molecule has 0 saturated carbocycles. The molecule has 36 heavy (non-hydrogen) atoms. The minimum absolute atomic E-state index is 0.0169. The lowest BCUT2D eigenvalue weighted by Gasteiger charge is -2.28. The zero-order valence-corrected chi connectivity index (χ0v) is 20.4. The summed E-state index contributed by atoms with van der Waals surface area (Å²) in [4.78, 5) is 17.6. The molecule has 0 radical (unpaired) electrons. The van der Waals surface area contributed by atoms with Crippen molar-refractivity contribution in [3.8, 4) is 16.8 Å². The number of aryl methyl sites for hydroxylation is 1. The maximum absolute atomic E-state index is 13.7. The van der Waals surface area contributed by atoms with Gasteiger partial charge in [-0.25, -0.2) is 14.1 Å². The number of halogens is 1. The second kappa shape index (κ2) is 10.4. The van der Waals surface area contributed by atoms with Crippen molar-refractivity contribution in [3.05, 3.63) is 101 Å². The van der Waals surface area contributed by atoms with E-state index in [0.29, 0.717) is 18.8 Å². The van der Waals surface area contributed by atoms with Crippen LogP contribution in [0.4, 0.5) is 4.39 Å². The molecule has 1 aliphatic heterocycles. The molecule has 5 rings (SSSR count). The third kappa shape index (κ3) is 5.52. The van der Waals surface area contributed by atoms with Crippen LogP contribution in [0, 0.1) is 6.92 Å². The third-order valence-corrected chi connectivity index (χ3v) is 6.67. The van der Waals surface area contributed by atoms with E-state index in [1.165, 1.54) is 27.8 Å². The van der Waals surface area contributed by atoms with Crippen LogP contribution >= 0.6 is 0 Å². The molecule has 1 fully saturated rings. The molecule has 1 unspecified atom stereocenters. The van der Waals surface area contributed by atoms with Crippen molar-refractivity contribution < 1.29 is 9.18 Å². The van der Waals surface area contributed by atoms with Crippen LogP contribution in [0.5, 0.6) is 0 Å². The van der Waals surface area contributed by atoms with Gasteiger partial charge in [0, 0.05) is 13.1 Å². The van der Waals surface area contributed by atoms with E-state index in [9.17, 15) is 9.18 Å². The third-order valence-electron chi connectivity index (χ3n) is 6.67. The summed E-state index contributed by atoms with van der Waals surface area (Å²) in [6.07, 6.45) is 1.75. The van der Waals surface area contributed by atoms with E-state index >= 15 is 0 Å². The van der Waals surface area contributed by atoms with Crippen molar-refractivity contribution in [1.82, 2.24) is 19.7 Å². The normalized spacial score (nSPS) is 16.2. The highest BCUT2D eigenvalue weighted by Gasteiger charge is 2.19. The number of alkyl halides is 1. The smallest absolute Gasteiger partial charge is 0.288 e. The van der Waals surface area contributed by atoms with E-state index in [2.05, 4.69) is 75.6 Å². The Morgan fingerprint density at radius 1 is 0.944 bits per heavy atom. The fourth-order valence-corrected chi connectivity index (χ4v) is 4.75. The summed E-state index contributed by atoms with van der Waals surface area (Å²) in [6.45, 7) is 4.12. The molecule has 2 heterocycles. The molecular weight excluding hydrogens is 453 g/mol. The lowest BCUT2D eigenvalue weighted by atomic mass is 9.99. The van der Waals surface area contributed by atoms with Gasteiger partial charge in [-0.1, -0.05) is 60.7 Å². The number of amides is 1. The van der Waals surface area contributed by atoms with Crippen molar-refractivity contribution in [1.29, 1.82) is 0 Å². The summed E-state index contributed by atoms with van der Waals surface area (Å²) in [7, 11) is 0. The fourth-order valence-electron chi connectivity index (χ4n) is 4.75. The average molecular weight is 484 g/mol. The zero-order chi connectivity index (χ0) is 25.1. The van der Waals surface area contributed by atoms with Gasteiger partial charge < -0.3 is 5.73 Å². The average Bonchev–Trinajstić information content (AvgIpc) is 3.28. The topological polar surface area (TPSA) is 77.0 Å². The standard InChI is InChI=1S/C29H30FN5O/c1-20-32-29(28(31)36)33-35(20)27-14-8-22(9-15-27)17-21-4-10-24(11-5-21)25-12-6-23(7-13-25)18-34-16-2-3-26(30)19-34/h4-15,26H,2-3,16-19H2,1H3,(H2,31,36). The van der Waals surface area contributed by atoms with Crippen molar-refractivity contribution in [2.75, 3.05) is 13.1 Å². The fraction of sp³-hybridized carbons (Fsp3) is 0.276. The second-order valence-electron chi connectivity index (χ2n) is 9.47. The molecule has 0 bridgehead atoms. The molecule has 1 aliphatic rings. The number of hydrogen-bond acceptors (Lipinski definition) is 4. The Bertz CT molecular complexity index is 1330. The first kappa shape index (κ1) is 23.9. The molecule has 1 atom stereocenters. The van der Waals surface area contributed by atoms with Gasteiger partial charge in [-0.2, -0.15) is 0 Å². The molecule has 1 saturated heterocycles. The minimum atomic E-state index is -0.691. The van der Waals surface area contributed by atoms with Crippen LogP contribution in [0.1, 0.15) is 46.0 Å². The van der Waals surface area contributed by atoms with Gasteiger partial charge in [-0.05, 0) is 72.7 Å². The summed E-state index contributed by atoms with van der Waals surface area (Å²) in [5.41, 5.74) is 12.1. The Morgan fingerprint density at radius 2 is 1.53 bits per heavy atom. The molecule has 0 aliphatic carbocycles. The first-order chi connectivity index (χ1) is 17.4. The number of benzene rings is 3. The van der Waals surface area contributed by atoms with Crippen LogP contribution in [-0.2, 0) is 13.0 Å². The van der Waals surface area contributed by atoms with Gasteiger partial charge in [0.25, 0.3) is 5.91 Å². The van der Waals surface area contributed by atoms with Crippen molar-refractivity contribution in [2.24, 2.45) is 5.73 Å². The van der Waals surface area contributed by atoms with Gasteiger partial charge >= 0.3 is 0 Å². The van der Waals surface area contributed by atoms with Crippen LogP contribution in [0.2, 0.25) is 0 Å². The molecule has 2 N–H and O–H groups in total. The molecule has 7 heteroatoms. The van der Waals surface area contributed by atoms with Crippen LogP contribution in [0.15, 0.2) is 72.8 Å². The molecular formula is C29H30FN5O. The van der Waals surface area contributed by atoms with E-state index in [4.69, 9.17) is 5.73 Å². The number of nitrogens with two attached hydrogens (primary N) is 1. The largest absolute Gasteiger partial charge is 0.363 e. The second-order valence-corrected chi connectivity index (χ2v) is 9.47. The van der Waals surface area contributed by atoms with Gasteiger partial charge in [0.05, 0.1) is 5.69 Å². The predicted molar refractivity (Wildman–Crippen MR) is 139 cm³/mol. The minimum Gasteiger partial charge on any atom is -0.363 e. The van der Waals surface area contributed by atoms with E-state index in [-0.39, 0.29) is 5.82 Å². The van der Waals surface area contributed by atoms with Crippen LogP contribution in [-0.4, -0.2) is 44.8 Å². The summed E-state index contributed by atoms with van der Waals surface area (Å²) < 4.78 is 15.3. The Labute approximate surface area is 210 Å². The first-order valence-electron chi connectivity index (χ1n) is 12.3. The van der Waals surface area contributed by atoms with E-state index in [1.54, 1.807) is 11.6 Å². The molecule has 6 nitrogen and oxygen atoms in total. The van der Waals surface area contributed by atoms with Gasteiger partial charge in [0.1, 0.15) is 12.0 Å². The van der Waals surface area contributed by atoms with Crippen LogP contribution in [0.3, 0.4) is 0 Å². The van der Waals surface area contributed by atoms with E-state index < -0.39 is 12.1 Å². The maximum Gasteiger partial charge on any atom is 0.288 e. The van der Waals surface area contributed by atoms with Gasteiger partial charge in [-0.15, -0.1) is 5.10 Å². The van der Waals surface area contributed by atoms with Crippen molar-refractivity contribution in [2.45, 2.75) is 38.9 Å². The van der Waals surface area contributed by atoms with Gasteiger partial charge in [-0.3, -0.25) is 9.69 Å². The monoisotopic (exact) mass is 483 g/mol. The zero-order valence-electron chi connectivity index (χ0n) is 20.4. The SMILES string of the molecule is Cc1nc(C(N)=O)nn1-c1ccc(Cc2ccc(-c3ccc(CN4CCCC(F)C4)cc3)cc2)cc1. The highest BCUT2D eigenvalue weighted by atomic mass is 19.1. The number of primary amides is 1. The molecule has 3 aromatic carbocycles. The highest BCUT2D eigenvalue weighted by molar-refractivity contribution is 5.88. The number of aromatic nitrogens is 3. The van der Waals surface area contributed by atoms with Gasteiger partial charge in [0.15, 0.2) is 0 Å². The molecule has 1 aromatic heterocycles. The number of hydrogen-bond donors (Lipinski definition) is 1. The molecule has 0 spiro atoms. The Balaban J connectivity index is 1.21. The Morgan fingerprint density at radius 3 is 2.08 bits per heavy atom. The first-order valence-corrected chi connectivity index (χ1v) is 12.3. The summed E-state index contributed by atoms with van der Waals surface area (Å²) in [5.74, 6) is -0.00935. The van der Waals surface area contributed by atoms with Crippen molar-refractivity contribution in [3.63, 3.8) is 0 Å². The number of carbonyl (C=O) groups is 1. The predicted octanol–water partition coefficient (Wildman–Crippen LogP) is 4.87. The highest BCUT2D eigenvalue weighted by Crippen LogP contribution is 2.23. The van der Waals surface area contributed by atoms with Crippen LogP contribution < -0.4 is 5.73 Å². The number of nitrogens with zero attached hydrogens (tertiary/aromatic N) is 4. The number of piperidine rings is 1. The number of rotatable bonds is 7. The quantitative estimate of drug-likeness (QED) is 0.407. The lowest BCUT2D eigenvalue weighted by molar-refractivity contribution is 0.0990. The summed E-state index contributed by atoms with van der Waals surface area (Å²) in [6, 6.07) is 25.3. The summed E-state index contributed by atoms with van der Waals surface area (Å²) in [5, 5.41) is 4.18. The van der Waals surface area contributed by atoms with E-state index in [1.807, 2.05) is 12.1 Å². The maximum atomic E-state index is 13.7. The summed E-state index contributed by atoms with van der Waals surface area (Å²) >= 11 is 0.